The predicted octanol–water partition coefficient (Wildman–Crippen LogP) is 5.09. The average Bonchev–Trinajstić information content (AvgIpc) is 2.84. The lowest BCUT2D eigenvalue weighted by Gasteiger charge is -2.45. The Balaban J connectivity index is 2.67. The van der Waals surface area contributed by atoms with E-state index in [2.05, 4.69) is 4.74 Å². The molecular weight excluding hydrogens is 567 g/mol. The van der Waals surface area contributed by atoms with Gasteiger partial charge in [0.15, 0.2) is 0 Å². The van der Waals surface area contributed by atoms with E-state index in [1.807, 2.05) is 0 Å². The highest BCUT2D eigenvalue weighted by molar-refractivity contribution is 5.97. The van der Waals surface area contributed by atoms with Crippen LogP contribution in [0.2, 0.25) is 0 Å². The largest absolute Gasteiger partial charge is 0.493 e. The fourth-order valence-electron chi connectivity index (χ4n) is 3.69. The number of halogens is 9. The SMILES string of the molecule is CCOC(=O)[C@](O)(c1ccc(N(C)C(NC(=O)c2ccccc2OCC)(C(F)(F)F)C(F)(F)F)cc1)C(F)(F)F. The number of amides is 1. The number of nitrogens with one attached hydrogen (secondary N) is 1. The Kier molecular flexibility index (Phi) is 9.29. The summed E-state index contributed by atoms with van der Waals surface area (Å²) in [5.74, 6) is -4.29. The first-order valence-corrected chi connectivity index (χ1v) is 11.3. The van der Waals surface area contributed by atoms with Crippen molar-refractivity contribution < 1.29 is 63.7 Å². The van der Waals surface area contributed by atoms with E-state index in [1.54, 1.807) is 0 Å². The number of nitrogens with zero attached hydrogens (tertiary/aromatic N) is 1. The van der Waals surface area contributed by atoms with Crippen molar-refractivity contribution in [1.29, 1.82) is 0 Å². The van der Waals surface area contributed by atoms with Crippen LogP contribution in [0.25, 0.3) is 0 Å². The third-order valence-electron chi connectivity index (χ3n) is 5.70. The second kappa shape index (κ2) is 11.4. The van der Waals surface area contributed by atoms with E-state index in [0.717, 1.165) is 24.4 Å². The Morgan fingerprint density at radius 3 is 1.80 bits per heavy atom. The van der Waals surface area contributed by atoms with E-state index in [4.69, 9.17) is 4.74 Å². The number of carbonyl (C=O) groups is 2. The van der Waals surface area contributed by atoms with E-state index >= 15 is 0 Å². The van der Waals surface area contributed by atoms with Crippen LogP contribution in [-0.4, -0.2) is 61.4 Å². The normalized spacial score (nSPS) is 14.2. The van der Waals surface area contributed by atoms with Crippen LogP contribution in [0, 0.1) is 0 Å². The summed E-state index contributed by atoms with van der Waals surface area (Å²) >= 11 is 0. The van der Waals surface area contributed by atoms with Gasteiger partial charge in [0.05, 0.1) is 18.8 Å². The maximum Gasteiger partial charge on any atom is 0.439 e. The molecule has 16 heteroatoms. The van der Waals surface area contributed by atoms with Crippen LogP contribution in [0.3, 0.4) is 0 Å². The van der Waals surface area contributed by atoms with Crippen molar-refractivity contribution in [2.75, 3.05) is 25.2 Å². The summed E-state index contributed by atoms with van der Waals surface area (Å²) in [6.45, 7) is 1.95. The van der Waals surface area contributed by atoms with Crippen molar-refractivity contribution >= 4 is 17.6 Å². The van der Waals surface area contributed by atoms with Crippen molar-refractivity contribution in [3.63, 3.8) is 0 Å². The number of aliphatic hydroxyl groups is 1. The van der Waals surface area contributed by atoms with Crippen LogP contribution in [0.5, 0.6) is 5.75 Å². The first-order valence-electron chi connectivity index (χ1n) is 11.3. The summed E-state index contributed by atoms with van der Waals surface area (Å²) in [6.07, 6.45) is -18.2. The number of para-hydroxylation sites is 1. The van der Waals surface area contributed by atoms with Gasteiger partial charge in [0.2, 0.25) is 0 Å². The van der Waals surface area contributed by atoms with Crippen molar-refractivity contribution in [1.82, 2.24) is 5.32 Å². The van der Waals surface area contributed by atoms with E-state index in [-0.39, 0.29) is 12.4 Å². The Labute approximate surface area is 221 Å². The molecule has 2 aromatic carbocycles. The van der Waals surface area contributed by atoms with Gasteiger partial charge in [0.1, 0.15) is 5.75 Å². The van der Waals surface area contributed by atoms with Gasteiger partial charge < -0.3 is 24.8 Å². The fraction of sp³-hybridized carbons (Fsp3) is 0.417. The number of hydrogen-bond acceptors (Lipinski definition) is 6. The molecule has 222 valence electrons. The van der Waals surface area contributed by atoms with Gasteiger partial charge >= 0.3 is 30.2 Å². The van der Waals surface area contributed by atoms with Crippen molar-refractivity contribution in [3.05, 3.63) is 59.7 Å². The number of alkyl halides is 9. The zero-order chi connectivity index (χ0) is 30.7. The maximum atomic E-state index is 14.3. The first-order chi connectivity index (χ1) is 18.3. The van der Waals surface area contributed by atoms with Gasteiger partial charge in [-0.15, -0.1) is 0 Å². The van der Waals surface area contributed by atoms with Crippen LogP contribution in [0.1, 0.15) is 29.8 Å². The quantitative estimate of drug-likeness (QED) is 0.241. The van der Waals surface area contributed by atoms with Gasteiger partial charge in [-0.1, -0.05) is 24.3 Å². The molecule has 0 unspecified atom stereocenters. The Morgan fingerprint density at radius 2 is 1.35 bits per heavy atom. The Bertz CT molecular complexity index is 1180. The Morgan fingerprint density at radius 1 is 0.825 bits per heavy atom. The number of anilines is 1. The molecule has 1 atom stereocenters. The molecule has 1 amide bonds. The number of benzene rings is 2. The molecule has 0 aliphatic heterocycles. The van der Waals surface area contributed by atoms with Gasteiger partial charge in [-0.3, -0.25) is 4.79 Å². The maximum absolute atomic E-state index is 14.3. The second-order valence-electron chi connectivity index (χ2n) is 8.12. The van der Waals surface area contributed by atoms with Gasteiger partial charge in [-0.05, 0) is 38.1 Å². The molecule has 0 heterocycles. The van der Waals surface area contributed by atoms with Gasteiger partial charge in [-0.2, -0.15) is 39.5 Å². The Hall–Kier alpha value is -3.69. The highest BCUT2D eigenvalue weighted by Gasteiger charge is 2.75. The lowest BCUT2D eigenvalue weighted by atomic mass is 9.92. The minimum Gasteiger partial charge on any atom is -0.493 e. The van der Waals surface area contributed by atoms with Crippen LogP contribution >= 0.6 is 0 Å². The molecule has 2 rings (SSSR count). The lowest BCUT2D eigenvalue weighted by molar-refractivity contribution is -0.302. The molecule has 0 aliphatic carbocycles. The van der Waals surface area contributed by atoms with E-state index in [1.165, 1.54) is 19.1 Å². The fourth-order valence-corrected chi connectivity index (χ4v) is 3.69. The molecule has 2 N–H and O–H groups in total. The van der Waals surface area contributed by atoms with E-state index in [0.29, 0.717) is 31.3 Å². The van der Waals surface area contributed by atoms with E-state index in [9.17, 15) is 54.2 Å². The standard InChI is InChI=1S/C24H23F9N2O5/c1-4-39-17-9-7-6-8-16(17)18(36)34-21(23(28,29)30,24(31,32)33)35(3)15-12-10-14(11-13-15)20(38,22(25,26)27)19(37)40-5-2/h6-13,38H,4-5H2,1-3H3,(H,34,36)/t20-/m1/s1. The molecule has 40 heavy (non-hydrogen) atoms. The lowest BCUT2D eigenvalue weighted by Crippen LogP contribution is -2.75. The number of carbonyl (C=O) groups excluding carboxylic acids is 2. The molecule has 0 saturated heterocycles. The number of hydrogen-bond donors (Lipinski definition) is 2. The van der Waals surface area contributed by atoms with Gasteiger partial charge in [-0.25, -0.2) is 4.79 Å². The summed E-state index contributed by atoms with van der Waals surface area (Å²) in [5, 5.41) is 11.1. The minimum atomic E-state index is -6.24. The highest BCUT2D eigenvalue weighted by atomic mass is 19.4. The molecule has 0 fully saturated rings. The molecule has 0 aromatic heterocycles. The zero-order valence-corrected chi connectivity index (χ0v) is 21.0. The third-order valence-corrected chi connectivity index (χ3v) is 5.70. The minimum absolute atomic E-state index is 0.0731. The van der Waals surface area contributed by atoms with Crippen molar-refractivity contribution in [3.8, 4) is 5.75 Å². The first kappa shape index (κ1) is 32.5. The van der Waals surface area contributed by atoms with Gasteiger partial charge in [0.25, 0.3) is 11.5 Å². The molecule has 0 saturated carbocycles. The molecule has 0 aliphatic rings. The number of rotatable bonds is 9. The highest BCUT2D eigenvalue weighted by Crippen LogP contribution is 2.47. The number of ether oxygens (including phenoxy) is 2. The van der Waals surface area contributed by atoms with E-state index < -0.39 is 70.0 Å². The number of esters is 1. The predicted molar refractivity (Wildman–Crippen MR) is 121 cm³/mol. The topological polar surface area (TPSA) is 88.1 Å². The third kappa shape index (κ3) is 5.76. The zero-order valence-electron chi connectivity index (χ0n) is 21.0. The summed E-state index contributed by atoms with van der Waals surface area (Å²) in [5.41, 5.74) is -12.3. The van der Waals surface area contributed by atoms with Gasteiger partial charge in [0, 0.05) is 18.3 Å². The smallest absolute Gasteiger partial charge is 0.439 e. The second-order valence-corrected chi connectivity index (χ2v) is 8.12. The molecule has 0 spiro atoms. The van der Waals surface area contributed by atoms with Crippen molar-refractivity contribution in [2.24, 2.45) is 0 Å². The average molecular weight is 590 g/mol. The monoisotopic (exact) mass is 590 g/mol. The molecule has 0 radical (unpaired) electrons. The van der Waals surface area contributed by atoms with Crippen LogP contribution in [0.4, 0.5) is 45.2 Å². The summed E-state index contributed by atoms with van der Waals surface area (Å²) in [6, 6.07) is 5.94. The summed E-state index contributed by atoms with van der Waals surface area (Å²) in [7, 11) is 0.298. The van der Waals surface area contributed by atoms with Crippen molar-refractivity contribution in [2.45, 2.75) is 43.6 Å². The summed E-state index contributed by atoms with van der Waals surface area (Å²) in [4.78, 5) is 24.3. The summed E-state index contributed by atoms with van der Waals surface area (Å²) < 4.78 is 136. The van der Waals surface area contributed by atoms with Crippen LogP contribution in [0.15, 0.2) is 48.5 Å². The molecular formula is C24H23F9N2O5. The molecule has 2 aromatic rings. The molecule has 0 bridgehead atoms. The van der Waals surface area contributed by atoms with Crippen LogP contribution < -0.4 is 15.0 Å². The molecule has 7 nitrogen and oxygen atoms in total. The van der Waals surface area contributed by atoms with Crippen LogP contribution in [-0.2, 0) is 15.1 Å².